The molecule has 4 heteroatoms. The molecule has 0 saturated heterocycles. The van der Waals surface area contributed by atoms with Crippen LogP contribution >= 0.6 is 20.0 Å². The Hall–Kier alpha value is 0.928. The number of hydrogen-bond acceptors (Lipinski definition) is 1. The van der Waals surface area contributed by atoms with E-state index < -0.39 is 7.73 Å². The van der Waals surface area contributed by atoms with Gasteiger partial charge in [0.25, 0.3) is 0 Å². The summed E-state index contributed by atoms with van der Waals surface area (Å²) in [6.45, 7) is 9.22. The normalized spacial score (nSPS) is 18.7. The molecule has 127 valence electrons. The third kappa shape index (κ3) is 8.96. The van der Waals surface area contributed by atoms with Crippen molar-refractivity contribution < 1.29 is 18.5 Å². The molecular weight excluding hydrogens is 378 g/mol. The van der Waals surface area contributed by atoms with E-state index in [0.29, 0.717) is 0 Å². The van der Waals surface area contributed by atoms with E-state index in [-0.39, 0.29) is 0 Å². The van der Waals surface area contributed by atoms with Gasteiger partial charge in [0.1, 0.15) is 0 Å². The molecule has 0 heterocycles. The molecule has 0 aromatic rings. The predicted molar refractivity (Wildman–Crippen MR) is 101 cm³/mol. The maximum absolute atomic E-state index is 6.21. The van der Waals surface area contributed by atoms with Crippen molar-refractivity contribution in [2.45, 2.75) is 79.1 Å². The van der Waals surface area contributed by atoms with Crippen molar-refractivity contribution in [1.29, 1.82) is 0 Å². The van der Waals surface area contributed by atoms with Crippen molar-refractivity contribution >= 4 is 24.3 Å². The molecule has 2 atom stereocenters. The van der Waals surface area contributed by atoms with Crippen molar-refractivity contribution in [3.05, 3.63) is 0 Å². The number of unbranched alkanes of at least 4 members (excludes halogenated alkanes) is 2. The summed E-state index contributed by atoms with van der Waals surface area (Å²) in [5.74, 6) is 4.17. The number of rotatable bonds is 12. The third-order valence-electron chi connectivity index (χ3n) is 4.46. The van der Waals surface area contributed by atoms with Crippen LogP contribution in [0.2, 0.25) is 0 Å². The molecule has 0 spiro atoms. The van der Waals surface area contributed by atoms with Gasteiger partial charge in [0.05, 0.1) is 0 Å². The Morgan fingerprint density at radius 1 is 0.952 bits per heavy atom. The SMILES string of the molecule is CCCCC(CC)C[S]([Mo])(CC(CC)CCCC)C(N)=S. The number of hydrogen-bond donors (Lipinski definition) is 1. The van der Waals surface area contributed by atoms with Crippen LogP contribution in [-0.2, 0) is 18.5 Å². The average Bonchev–Trinajstić information content (AvgIpc) is 2.47. The molecule has 0 aliphatic carbocycles. The van der Waals surface area contributed by atoms with E-state index in [9.17, 15) is 0 Å². The molecule has 0 aromatic heterocycles. The fourth-order valence-electron chi connectivity index (χ4n) is 2.79. The average molecular weight is 415 g/mol. The minimum absolute atomic E-state index is 0.817. The monoisotopic (exact) mass is 416 g/mol. The fraction of sp³-hybridized carbons (Fsp3) is 0.941. The van der Waals surface area contributed by atoms with Crippen molar-refractivity contribution in [2.75, 3.05) is 11.5 Å². The van der Waals surface area contributed by atoms with Gasteiger partial charge in [-0.05, 0) is 0 Å². The summed E-state index contributed by atoms with van der Waals surface area (Å²) in [4.78, 5) is 0. The Balaban J connectivity index is 4.75. The molecule has 21 heavy (non-hydrogen) atoms. The predicted octanol–water partition coefficient (Wildman–Crippen LogP) is 5.93. The summed E-state index contributed by atoms with van der Waals surface area (Å²) in [5.41, 5.74) is 6.21. The maximum atomic E-state index is 6.21. The Morgan fingerprint density at radius 3 is 1.57 bits per heavy atom. The van der Waals surface area contributed by atoms with Crippen LogP contribution in [0, 0.1) is 11.8 Å². The molecule has 0 aromatic carbocycles. The topological polar surface area (TPSA) is 26.0 Å². The van der Waals surface area contributed by atoms with Crippen LogP contribution in [0.5, 0.6) is 0 Å². The first-order valence-corrected chi connectivity index (χ1v) is 13.5. The molecule has 2 N–H and O–H groups in total. The Morgan fingerprint density at radius 2 is 1.33 bits per heavy atom. The summed E-state index contributed by atoms with van der Waals surface area (Å²) in [7, 11) is -0.920. The standard InChI is InChI=1S/C17H35NS2.Mo/c1-5-9-11-15(7-3)13-20(17(18)19)14-16(8-4)12-10-6-2;/h15-16H,5-14H2,1-4H3,(H-,18,19);/q;-1/p+1. The zero-order chi connectivity index (χ0) is 16.3. The summed E-state index contributed by atoms with van der Waals surface area (Å²) in [6.07, 6.45) is 10.5. The molecule has 0 aliphatic heterocycles. The van der Waals surface area contributed by atoms with E-state index in [1.54, 1.807) is 0 Å². The quantitative estimate of drug-likeness (QED) is 0.316. The molecule has 2 unspecified atom stereocenters. The zero-order valence-corrected chi connectivity index (χ0v) is 18.2. The van der Waals surface area contributed by atoms with Gasteiger partial charge in [-0.1, -0.05) is 0 Å². The van der Waals surface area contributed by atoms with Crippen molar-refractivity contribution in [3.63, 3.8) is 0 Å². The van der Waals surface area contributed by atoms with Gasteiger partial charge in [-0.3, -0.25) is 0 Å². The van der Waals surface area contributed by atoms with Gasteiger partial charge >= 0.3 is 151 Å². The first-order chi connectivity index (χ1) is 9.93. The van der Waals surface area contributed by atoms with Crippen molar-refractivity contribution in [3.8, 4) is 0 Å². The summed E-state index contributed by atoms with van der Waals surface area (Å²) < 4.78 is 0.831. The van der Waals surface area contributed by atoms with Gasteiger partial charge in [-0.25, -0.2) is 0 Å². The first kappa shape index (κ1) is 21.9. The van der Waals surface area contributed by atoms with Crippen molar-refractivity contribution in [2.24, 2.45) is 17.6 Å². The van der Waals surface area contributed by atoms with Gasteiger partial charge in [0.2, 0.25) is 0 Å². The van der Waals surface area contributed by atoms with Gasteiger partial charge in [-0.15, -0.1) is 0 Å². The van der Waals surface area contributed by atoms with Crippen LogP contribution in [0.1, 0.15) is 79.1 Å². The van der Waals surface area contributed by atoms with Gasteiger partial charge in [0.15, 0.2) is 0 Å². The summed E-state index contributed by atoms with van der Waals surface area (Å²) in [5, 5.41) is 0. The summed E-state index contributed by atoms with van der Waals surface area (Å²) >= 11 is 7.82. The molecule has 0 amide bonds. The second-order valence-corrected chi connectivity index (χ2v) is 14.4. The van der Waals surface area contributed by atoms with Crippen LogP contribution in [0.25, 0.3) is 0 Å². The Labute approximate surface area is 150 Å². The van der Waals surface area contributed by atoms with Gasteiger partial charge in [-0.2, -0.15) is 0 Å². The first-order valence-electron chi connectivity index (χ1n) is 8.72. The van der Waals surface area contributed by atoms with E-state index in [2.05, 4.69) is 46.2 Å². The molecule has 0 rings (SSSR count). The Kier molecular flexibility index (Phi) is 12.9. The van der Waals surface area contributed by atoms with Gasteiger partial charge < -0.3 is 0 Å². The van der Waals surface area contributed by atoms with E-state index in [0.717, 1.165) is 16.2 Å². The van der Waals surface area contributed by atoms with Gasteiger partial charge in [0, 0.05) is 0 Å². The van der Waals surface area contributed by atoms with Crippen LogP contribution < -0.4 is 5.73 Å². The second-order valence-electron chi connectivity index (χ2n) is 6.30. The van der Waals surface area contributed by atoms with Crippen LogP contribution in [0.3, 0.4) is 0 Å². The molecule has 0 fully saturated rings. The van der Waals surface area contributed by atoms with E-state index in [4.69, 9.17) is 18.0 Å². The molecule has 0 saturated carbocycles. The van der Waals surface area contributed by atoms with Crippen LogP contribution in [-0.4, -0.2) is 15.8 Å². The zero-order valence-electron chi connectivity index (χ0n) is 14.5. The second kappa shape index (κ2) is 12.4. The molecule has 0 bridgehead atoms. The van der Waals surface area contributed by atoms with Crippen LogP contribution in [0.15, 0.2) is 0 Å². The summed E-state index contributed by atoms with van der Waals surface area (Å²) in [6, 6.07) is 0. The minimum atomic E-state index is -0.920. The van der Waals surface area contributed by atoms with E-state index in [1.807, 2.05) is 0 Å². The van der Waals surface area contributed by atoms with E-state index >= 15 is 0 Å². The van der Waals surface area contributed by atoms with Crippen molar-refractivity contribution in [1.82, 2.24) is 0 Å². The number of nitrogens with two attached hydrogens (primary N) is 1. The number of thiocarbonyl (C=S) groups is 1. The molecular formula is C17H36MoNS2. The molecule has 1 nitrogen and oxygen atoms in total. The Bertz CT molecular complexity index is 266. The van der Waals surface area contributed by atoms with Crippen LogP contribution in [0.4, 0.5) is 0 Å². The van der Waals surface area contributed by atoms with E-state index in [1.165, 1.54) is 62.9 Å². The molecule has 0 radical (unpaired) electrons. The fourth-order valence-corrected chi connectivity index (χ4v) is 8.83. The third-order valence-corrected chi connectivity index (χ3v) is 12.3. The molecule has 0 aliphatic rings.